The topological polar surface area (TPSA) is 375 Å². The van der Waals surface area contributed by atoms with E-state index in [0.29, 0.717) is 13.1 Å². The lowest BCUT2D eigenvalue weighted by Crippen LogP contribution is -2.43. The molecule has 12 N–H and O–H groups in total. The Balaban J connectivity index is -0.0000000796. The Bertz CT molecular complexity index is 716. The maximum atomic E-state index is 10.6. The number of carboxylic acids is 8. The molecule has 0 fully saturated rings. The molecule has 0 atom stereocenters. The highest BCUT2D eigenvalue weighted by atomic mass is 16.5. The Morgan fingerprint density at radius 1 is 0.420 bits per heavy atom. The Morgan fingerprint density at radius 3 is 0.620 bits per heavy atom. The molecule has 22 heteroatoms. The quantitative estimate of drug-likeness (QED) is 0.0933. The Labute approximate surface area is 292 Å². The molecule has 300 valence electrons. The van der Waals surface area contributed by atoms with Gasteiger partial charge in [0.05, 0.1) is 26.2 Å². The summed E-state index contributed by atoms with van der Waals surface area (Å²) in [4.78, 5) is 80.4. The molecule has 0 heterocycles. The summed E-state index contributed by atoms with van der Waals surface area (Å²) >= 11 is 0. The first-order valence-electron chi connectivity index (χ1n) is 14.5. The summed E-state index contributed by atoms with van der Waals surface area (Å²) < 4.78 is 9.67. The lowest BCUT2D eigenvalue weighted by Gasteiger charge is -2.23. The van der Waals surface area contributed by atoms with Crippen LogP contribution in [0.25, 0.3) is 0 Å². The molecule has 0 amide bonds. The van der Waals surface area contributed by atoms with Gasteiger partial charge in [-0.2, -0.15) is 0 Å². The fourth-order valence-corrected chi connectivity index (χ4v) is 1.88. The first kappa shape index (κ1) is 64.1. The maximum Gasteiger partial charge on any atom is 0.317 e. The van der Waals surface area contributed by atoms with Crippen LogP contribution in [0.1, 0.15) is 55.4 Å². The summed E-state index contributed by atoms with van der Waals surface area (Å²) in [5.41, 5.74) is 9.81. The van der Waals surface area contributed by atoms with Gasteiger partial charge in [0, 0.05) is 80.3 Å². The standard InChI is InChI=1S/C10H16N2O8.2C4H10O.C2H8N2.4C2H4O2/c13-7(14)3-11(4-8(15)16)1-2-12(5-9(17)18)6-10(19)20;2*1-3-5-4-2;3-1-2-4;4*1-2(3)4/h1-6H2,(H,13,14)(H,15,16)(H,17,18)(H,19,20);2*3-4H2,1-2H3;1-4H2;4*1H3,(H,3,4). The number of hydrogen-bond acceptors (Lipinski definition) is 14. The van der Waals surface area contributed by atoms with Crippen LogP contribution in [0.2, 0.25) is 0 Å². The Hall–Kier alpha value is -4.48. The van der Waals surface area contributed by atoms with Crippen molar-refractivity contribution in [3.05, 3.63) is 0 Å². The number of nitrogens with zero attached hydrogens (tertiary/aromatic N) is 2. The highest BCUT2D eigenvalue weighted by molar-refractivity contribution is 5.73. The third kappa shape index (κ3) is 170. The van der Waals surface area contributed by atoms with Crippen molar-refractivity contribution in [2.75, 3.05) is 78.8 Å². The van der Waals surface area contributed by atoms with Crippen LogP contribution in [-0.4, -0.2) is 177 Å². The number of rotatable bonds is 16. The van der Waals surface area contributed by atoms with E-state index >= 15 is 0 Å². The summed E-state index contributed by atoms with van der Waals surface area (Å²) in [5.74, 6) is -8.24. The predicted molar refractivity (Wildman–Crippen MR) is 179 cm³/mol. The molecule has 0 bridgehead atoms. The van der Waals surface area contributed by atoms with Crippen molar-refractivity contribution in [1.82, 2.24) is 9.80 Å². The van der Waals surface area contributed by atoms with Gasteiger partial charge in [0.2, 0.25) is 0 Å². The summed E-state index contributed by atoms with van der Waals surface area (Å²) in [7, 11) is 0. The molecule has 0 saturated carbocycles. The van der Waals surface area contributed by atoms with E-state index in [4.69, 9.17) is 81.0 Å². The van der Waals surface area contributed by atoms with Gasteiger partial charge in [-0.3, -0.25) is 48.2 Å². The number of nitrogens with two attached hydrogens (primary N) is 2. The lowest BCUT2D eigenvalue weighted by atomic mass is 10.4. The van der Waals surface area contributed by atoms with E-state index in [-0.39, 0.29) is 13.1 Å². The van der Waals surface area contributed by atoms with Crippen molar-refractivity contribution < 1.29 is 88.7 Å². The molecular weight excluding hydrogens is 680 g/mol. The predicted octanol–water partition coefficient (Wildman–Crippen LogP) is -0.718. The van der Waals surface area contributed by atoms with E-state index < -0.39 is 73.9 Å². The second kappa shape index (κ2) is 54.0. The largest absolute Gasteiger partial charge is 0.481 e. The van der Waals surface area contributed by atoms with Crippen LogP contribution in [0, 0.1) is 0 Å². The van der Waals surface area contributed by atoms with Crippen LogP contribution in [0.3, 0.4) is 0 Å². The maximum absolute atomic E-state index is 10.6. The molecular formula is C28H60N4O18. The smallest absolute Gasteiger partial charge is 0.317 e. The molecule has 0 radical (unpaired) electrons. The highest BCUT2D eigenvalue weighted by Gasteiger charge is 2.18. The van der Waals surface area contributed by atoms with Crippen LogP contribution in [0.5, 0.6) is 0 Å². The van der Waals surface area contributed by atoms with Gasteiger partial charge in [0.15, 0.2) is 0 Å². The minimum absolute atomic E-state index is 0.0703. The molecule has 0 aromatic rings. The van der Waals surface area contributed by atoms with Crippen LogP contribution in [0.15, 0.2) is 0 Å². The zero-order valence-corrected chi connectivity index (χ0v) is 30.2. The molecule has 0 saturated heterocycles. The fourth-order valence-electron chi connectivity index (χ4n) is 1.88. The third-order valence-electron chi connectivity index (χ3n) is 3.15. The van der Waals surface area contributed by atoms with Gasteiger partial charge >= 0.3 is 23.9 Å². The molecule has 0 aliphatic carbocycles. The fraction of sp³-hybridized carbons (Fsp3) is 0.714. The van der Waals surface area contributed by atoms with Crippen molar-refractivity contribution >= 4 is 47.8 Å². The number of aliphatic carboxylic acids is 8. The number of carboxylic acid groups (broad SMARTS) is 8. The van der Waals surface area contributed by atoms with Crippen molar-refractivity contribution in [3.8, 4) is 0 Å². The summed E-state index contributed by atoms with van der Waals surface area (Å²) in [6, 6.07) is 0. The van der Waals surface area contributed by atoms with Crippen LogP contribution in [-0.2, 0) is 47.8 Å². The molecule has 0 aromatic heterocycles. The molecule has 0 aliphatic rings. The number of hydrogen-bond donors (Lipinski definition) is 10. The van der Waals surface area contributed by atoms with Crippen LogP contribution in [0.4, 0.5) is 0 Å². The number of carbonyl (C=O) groups is 8. The highest BCUT2D eigenvalue weighted by Crippen LogP contribution is 1.94. The van der Waals surface area contributed by atoms with Crippen molar-refractivity contribution in [3.63, 3.8) is 0 Å². The first-order valence-corrected chi connectivity index (χ1v) is 14.5. The summed E-state index contributed by atoms with van der Waals surface area (Å²) in [5, 5.41) is 64.1. The third-order valence-corrected chi connectivity index (χ3v) is 3.15. The summed E-state index contributed by atoms with van der Waals surface area (Å²) in [6.45, 7) is 14.6. The SMILES string of the molecule is CC(=O)O.CC(=O)O.CC(=O)O.CC(=O)O.CCOCC.CCOCC.NCCN.O=C(O)CN(CCN(CC(=O)O)CC(=O)O)CC(=O)O. The van der Waals surface area contributed by atoms with Crippen LogP contribution < -0.4 is 11.5 Å². The van der Waals surface area contributed by atoms with Crippen LogP contribution >= 0.6 is 0 Å². The molecule has 0 aromatic carbocycles. The van der Waals surface area contributed by atoms with Gasteiger partial charge in [0.25, 0.3) is 23.9 Å². The van der Waals surface area contributed by atoms with Crippen molar-refractivity contribution in [2.45, 2.75) is 55.4 Å². The normalized spacial score (nSPS) is 8.56. The van der Waals surface area contributed by atoms with E-state index in [1.807, 2.05) is 27.7 Å². The second-order valence-electron chi connectivity index (χ2n) is 8.21. The van der Waals surface area contributed by atoms with E-state index in [0.717, 1.165) is 63.9 Å². The molecule has 0 rings (SSSR count). The second-order valence-corrected chi connectivity index (χ2v) is 8.21. The van der Waals surface area contributed by atoms with E-state index in [2.05, 4.69) is 0 Å². The average molecular weight is 741 g/mol. The Morgan fingerprint density at radius 2 is 0.560 bits per heavy atom. The molecule has 50 heavy (non-hydrogen) atoms. The van der Waals surface area contributed by atoms with E-state index in [1.165, 1.54) is 0 Å². The minimum Gasteiger partial charge on any atom is -0.481 e. The Kier molecular flexibility index (Phi) is 69.2. The first-order chi connectivity index (χ1) is 22.9. The zero-order chi connectivity index (χ0) is 41.7. The lowest BCUT2D eigenvalue weighted by molar-refractivity contribution is -0.145. The molecule has 0 spiro atoms. The molecule has 0 unspecified atom stereocenters. The molecule has 0 aliphatic heterocycles. The molecule has 22 nitrogen and oxygen atoms in total. The minimum atomic E-state index is -1.23. The zero-order valence-electron chi connectivity index (χ0n) is 30.2. The van der Waals surface area contributed by atoms with Gasteiger partial charge < -0.3 is 61.8 Å². The van der Waals surface area contributed by atoms with Crippen molar-refractivity contribution in [1.29, 1.82) is 0 Å². The number of ether oxygens (including phenoxy) is 2. The van der Waals surface area contributed by atoms with Gasteiger partial charge in [-0.05, 0) is 27.7 Å². The monoisotopic (exact) mass is 740 g/mol. The summed E-state index contributed by atoms with van der Waals surface area (Å²) in [6.07, 6.45) is 0. The van der Waals surface area contributed by atoms with Gasteiger partial charge in [-0.1, -0.05) is 0 Å². The van der Waals surface area contributed by atoms with E-state index in [1.54, 1.807) is 0 Å². The van der Waals surface area contributed by atoms with Gasteiger partial charge in [0.1, 0.15) is 0 Å². The van der Waals surface area contributed by atoms with Gasteiger partial charge in [-0.15, -0.1) is 0 Å². The van der Waals surface area contributed by atoms with Gasteiger partial charge in [-0.25, -0.2) is 0 Å². The van der Waals surface area contributed by atoms with Crippen molar-refractivity contribution in [2.24, 2.45) is 11.5 Å². The van der Waals surface area contributed by atoms with E-state index in [9.17, 15) is 19.2 Å². The average Bonchev–Trinajstić information content (AvgIpc) is 2.91.